The number of hydrogen-bond donors (Lipinski definition) is 2. The van der Waals surface area contributed by atoms with Crippen LogP contribution in [0, 0.1) is 28.1 Å². The minimum Gasteiger partial charge on any atom is -0.490 e. The molecule has 2 aliphatic carbocycles. The summed E-state index contributed by atoms with van der Waals surface area (Å²) < 4.78 is 6.43. The highest BCUT2D eigenvalue weighted by Crippen LogP contribution is 2.69. The lowest BCUT2D eigenvalue weighted by Gasteiger charge is -2.61. The second-order valence-electron chi connectivity index (χ2n) is 14.5. The van der Waals surface area contributed by atoms with Crippen molar-refractivity contribution in [3.05, 3.63) is 46.8 Å². The van der Waals surface area contributed by atoms with Crippen LogP contribution in [0.4, 0.5) is 0 Å². The zero-order valence-electron chi connectivity index (χ0n) is 26.9. The first-order chi connectivity index (χ1) is 18.8. The van der Waals surface area contributed by atoms with Crippen LogP contribution in [0.5, 0.6) is 0 Å². The van der Waals surface area contributed by atoms with Gasteiger partial charge in [-0.25, -0.2) is 0 Å². The lowest BCUT2D eigenvalue weighted by Crippen LogP contribution is -2.70. The van der Waals surface area contributed by atoms with Gasteiger partial charge in [0, 0.05) is 17.9 Å². The number of carbonyl (C=O) groups excluding carboxylic acids is 3. The van der Waals surface area contributed by atoms with Gasteiger partial charge in [-0.05, 0) is 91.9 Å². The number of Topliss-reactive ketones (excluding diaryl/α,β-unsaturated/α-hetero) is 3. The molecule has 0 aromatic rings. The molecule has 0 amide bonds. The average Bonchev–Trinajstić information content (AvgIpc) is 3.32. The summed E-state index contributed by atoms with van der Waals surface area (Å²) in [6, 6.07) is 0. The van der Waals surface area contributed by atoms with E-state index >= 15 is 4.79 Å². The van der Waals surface area contributed by atoms with Crippen molar-refractivity contribution in [3.63, 3.8) is 0 Å². The summed E-state index contributed by atoms with van der Waals surface area (Å²) in [5.41, 5.74) is -2.29. The molecule has 3 aliphatic rings. The standard InChI is InChI=1S/C35H52O6/c1-20(2)12-13-24-19-34(17-14-21(3)4)30-25(18-27(41-30)32(9,10)40)29(38)35(31(34)39,28(37)23(7)8)33(24,11)16-15-26(36)22(5)6/h12,14,23-24,26-27,36,40H,5,13,15-19H2,1-4,6-11H3/t24-,26+,27+,33+,34+,35-/m0/s1. The monoisotopic (exact) mass is 568 g/mol. The first-order valence-electron chi connectivity index (χ1n) is 15.1. The van der Waals surface area contributed by atoms with E-state index in [9.17, 15) is 19.8 Å². The van der Waals surface area contributed by atoms with Gasteiger partial charge in [0.2, 0.25) is 0 Å². The van der Waals surface area contributed by atoms with Gasteiger partial charge in [0.25, 0.3) is 0 Å². The Morgan fingerprint density at radius 3 is 2.20 bits per heavy atom. The number of rotatable bonds is 11. The van der Waals surface area contributed by atoms with Crippen molar-refractivity contribution >= 4 is 17.3 Å². The van der Waals surface area contributed by atoms with Gasteiger partial charge in [0.1, 0.15) is 11.9 Å². The van der Waals surface area contributed by atoms with Gasteiger partial charge < -0.3 is 14.9 Å². The third kappa shape index (κ3) is 5.35. The van der Waals surface area contributed by atoms with Crippen LogP contribution in [0.15, 0.2) is 46.8 Å². The van der Waals surface area contributed by atoms with Crippen molar-refractivity contribution in [1.82, 2.24) is 0 Å². The summed E-state index contributed by atoms with van der Waals surface area (Å²) in [6.45, 7) is 22.4. The van der Waals surface area contributed by atoms with Gasteiger partial charge in [-0.3, -0.25) is 14.4 Å². The van der Waals surface area contributed by atoms with E-state index in [1.165, 1.54) is 0 Å². The molecule has 1 saturated carbocycles. The molecule has 6 nitrogen and oxygen atoms in total. The molecule has 3 rings (SSSR count). The fourth-order valence-electron chi connectivity index (χ4n) is 7.35. The van der Waals surface area contributed by atoms with E-state index in [0.717, 1.165) is 11.1 Å². The van der Waals surface area contributed by atoms with Gasteiger partial charge in [-0.2, -0.15) is 0 Å². The van der Waals surface area contributed by atoms with Crippen LogP contribution in [0.2, 0.25) is 0 Å². The highest BCUT2D eigenvalue weighted by atomic mass is 16.5. The Hall–Kier alpha value is -2.31. The maximum absolute atomic E-state index is 15.3. The Labute approximate surface area is 247 Å². The number of allylic oxidation sites excluding steroid dienone is 5. The van der Waals surface area contributed by atoms with Gasteiger partial charge in [0.05, 0.1) is 17.1 Å². The van der Waals surface area contributed by atoms with Crippen molar-refractivity contribution in [2.45, 2.75) is 126 Å². The van der Waals surface area contributed by atoms with E-state index < -0.39 is 45.8 Å². The lowest BCUT2D eigenvalue weighted by molar-refractivity contribution is -0.181. The number of hydrogen-bond acceptors (Lipinski definition) is 6. The molecule has 0 aromatic carbocycles. The zero-order chi connectivity index (χ0) is 31.3. The van der Waals surface area contributed by atoms with E-state index in [-0.39, 0.29) is 23.9 Å². The molecule has 0 aromatic heterocycles. The molecule has 6 atom stereocenters. The number of fused-ring (bicyclic) bond motifs is 3. The number of ether oxygens (including phenoxy) is 1. The molecule has 1 aliphatic heterocycles. The van der Waals surface area contributed by atoms with Crippen molar-refractivity contribution in [3.8, 4) is 0 Å². The van der Waals surface area contributed by atoms with Gasteiger partial charge in [-0.1, -0.05) is 56.2 Å². The SMILES string of the molecule is C=C(C)[C@H](O)CC[C@]1(C)[C@@H](CC=C(C)C)C[C@@]2(CC=C(C)C)C(=O)[C@]1(C(=O)C(C)C)C(=O)C1=C2O[C@@H](C(C)(C)O)C1. The van der Waals surface area contributed by atoms with E-state index in [2.05, 4.69) is 12.7 Å². The summed E-state index contributed by atoms with van der Waals surface area (Å²) in [5.74, 6) is -1.63. The van der Waals surface area contributed by atoms with Crippen LogP contribution in [0.3, 0.4) is 0 Å². The van der Waals surface area contributed by atoms with E-state index in [1.54, 1.807) is 34.6 Å². The first-order valence-corrected chi connectivity index (χ1v) is 15.1. The highest BCUT2D eigenvalue weighted by molar-refractivity contribution is 6.33. The van der Waals surface area contributed by atoms with Crippen LogP contribution in [-0.2, 0) is 19.1 Å². The van der Waals surface area contributed by atoms with Crippen molar-refractivity contribution < 1.29 is 29.3 Å². The van der Waals surface area contributed by atoms with Crippen LogP contribution >= 0.6 is 0 Å². The molecular weight excluding hydrogens is 516 g/mol. The van der Waals surface area contributed by atoms with Gasteiger partial charge >= 0.3 is 0 Å². The molecule has 6 heteroatoms. The molecule has 0 unspecified atom stereocenters. The normalized spacial score (nSPS) is 31.9. The van der Waals surface area contributed by atoms with Crippen LogP contribution in [-0.4, -0.2) is 45.4 Å². The molecule has 0 saturated heterocycles. The lowest BCUT2D eigenvalue weighted by atomic mass is 9.38. The van der Waals surface area contributed by atoms with Gasteiger partial charge in [0.15, 0.2) is 22.8 Å². The molecule has 2 bridgehead atoms. The molecule has 2 N–H and O–H groups in total. The Kier molecular flexibility index (Phi) is 9.24. The fraction of sp³-hybridized carbons (Fsp3) is 0.686. The van der Waals surface area contributed by atoms with Crippen LogP contribution in [0.1, 0.15) is 108 Å². The summed E-state index contributed by atoms with van der Waals surface area (Å²) in [7, 11) is 0. The van der Waals surface area contributed by atoms with Crippen molar-refractivity contribution in [1.29, 1.82) is 0 Å². The quantitative estimate of drug-likeness (QED) is 0.215. The summed E-state index contributed by atoms with van der Waals surface area (Å²) in [4.78, 5) is 44.8. The largest absolute Gasteiger partial charge is 0.490 e. The summed E-state index contributed by atoms with van der Waals surface area (Å²) in [6.07, 6.45) is 4.70. The second kappa shape index (κ2) is 11.4. The van der Waals surface area contributed by atoms with Crippen molar-refractivity contribution in [2.75, 3.05) is 0 Å². The Morgan fingerprint density at radius 1 is 1.12 bits per heavy atom. The minimum absolute atomic E-state index is 0.151. The predicted octanol–water partition coefficient (Wildman–Crippen LogP) is 6.61. The molecule has 228 valence electrons. The second-order valence-corrected chi connectivity index (χ2v) is 14.5. The smallest absolute Gasteiger partial charge is 0.184 e. The van der Waals surface area contributed by atoms with Crippen LogP contribution in [0.25, 0.3) is 0 Å². The average molecular weight is 569 g/mol. The molecule has 1 heterocycles. The molecule has 1 fully saturated rings. The highest BCUT2D eigenvalue weighted by Gasteiger charge is 2.77. The Balaban J connectivity index is 2.43. The Morgan fingerprint density at radius 2 is 1.71 bits per heavy atom. The molecule has 41 heavy (non-hydrogen) atoms. The van der Waals surface area contributed by atoms with E-state index in [1.807, 2.05) is 40.7 Å². The zero-order valence-corrected chi connectivity index (χ0v) is 26.9. The first kappa shape index (κ1) is 33.2. The number of aliphatic hydroxyl groups is 2. The maximum atomic E-state index is 15.3. The summed E-state index contributed by atoms with van der Waals surface area (Å²) in [5, 5.41) is 21.8. The minimum atomic E-state index is -1.92. The van der Waals surface area contributed by atoms with Crippen LogP contribution < -0.4 is 0 Å². The Bertz CT molecular complexity index is 1200. The summed E-state index contributed by atoms with van der Waals surface area (Å²) >= 11 is 0. The van der Waals surface area contributed by atoms with Gasteiger partial charge in [-0.15, -0.1) is 0 Å². The fourth-order valence-corrected chi connectivity index (χ4v) is 7.35. The van der Waals surface area contributed by atoms with E-state index in [0.29, 0.717) is 49.0 Å². The number of aliphatic hydroxyl groups excluding tert-OH is 1. The predicted molar refractivity (Wildman–Crippen MR) is 162 cm³/mol. The number of ketones is 3. The molecule has 0 radical (unpaired) electrons. The third-order valence-corrected chi connectivity index (χ3v) is 9.96. The topological polar surface area (TPSA) is 101 Å². The third-order valence-electron chi connectivity index (χ3n) is 9.96. The molecule has 0 spiro atoms. The van der Waals surface area contributed by atoms with E-state index in [4.69, 9.17) is 4.74 Å². The van der Waals surface area contributed by atoms with Crippen molar-refractivity contribution in [2.24, 2.45) is 28.1 Å². The number of carbonyl (C=O) groups is 3. The maximum Gasteiger partial charge on any atom is 0.184 e. The molecular formula is C35H52O6.